The SMILES string of the molecule is C#CCc1c(C)nc2c(OCc3sccc3C)cccn12. The highest BCUT2D eigenvalue weighted by atomic mass is 32.1. The first kappa shape index (κ1) is 13.7. The number of fused-ring (bicyclic) bond motifs is 1. The molecule has 0 N–H and O–H groups in total. The summed E-state index contributed by atoms with van der Waals surface area (Å²) in [5, 5.41) is 2.08. The number of hydrogen-bond donors (Lipinski definition) is 0. The fraction of sp³-hybridized carbons (Fsp3) is 0.235. The van der Waals surface area contributed by atoms with E-state index in [1.165, 1.54) is 10.4 Å². The Balaban J connectivity index is 1.94. The molecular formula is C17H16N2OS. The van der Waals surface area contributed by atoms with E-state index in [0.29, 0.717) is 13.0 Å². The first-order valence-electron chi connectivity index (χ1n) is 6.76. The van der Waals surface area contributed by atoms with Crippen molar-refractivity contribution in [2.45, 2.75) is 26.9 Å². The molecule has 0 aliphatic heterocycles. The molecule has 0 aromatic carbocycles. The van der Waals surface area contributed by atoms with Crippen molar-refractivity contribution >= 4 is 17.0 Å². The number of rotatable bonds is 4. The number of hydrogen-bond acceptors (Lipinski definition) is 3. The van der Waals surface area contributed by atoms with Crippen molar-refractivity contribution in [2.75, 3.05) is 0 Å². The number of nitrogens with zero attached hydrogens (tertiary/aromatic N) is 2. The van der Waals surface area contributed by atoms with E-state index in [1.807, 2.05) is 29.7 Å². The number of aryl methyl sites for hydroxylation is 2. The second kappa shape index (κ2) is 5.63. The summed E-state index contributed by atoms with van der Waals surface area (Å²) >= 11 is 1.71. The lowest BCUT2D eigenvalue weighted by atomic mass is 10.2. The molecule has 0 spiro atoms. The van der Waals surface area contributed by atoms with Gasteiger partial charge in [-0.05, 0) is 43.0 Å². The molecule has 3 aromatic heterocycles. The average Bonchev–Trinajstić information content (AvgIpc) is 3.02. The molecule has 3 heterocycles. The average molecular weight is 296 g/mol. The molecule has 0 aliphatic carbocycles. The van der Waals surface area contributed by atoms with Crippen molar-refractivity contribution < 1.29 is 4.74 Å². The van der Waals surface area contributed by atoms with E-state index < -0.39 is 0 Å². The van der Waals surface area contributed by atoms with E-state index in [-0.39, 0.29) is 0 Å². The third kappa shape index (κ3) is 2.53. The molecule has 0 amide bonds. The molecular weight excluding hydrogens is 280 g/mol. The van der Waals surface area contributed by atoms with Gasteiger partial charge in [0.1, 0.15) is 6.61 Å². The lowest BCUT2D eigenvalue weighted by Gasteiger charge is -2.07. The Morgan fingerprint density at radius 3 is 2.95 bits per heavy atom. The summed E-state index contributed by atoms with van der Waals surface area (Å²) in [6.45, 7) is 4.65. The standard InChI is InChI=1S/C17H16N2OS/c1-4-6-14-13(3)18-17-15(7-5-9-19(14)17)20-11-16-12(2)8-10-21-16/h1,5,7-10H,6,11H2,2-3H3. The van der Waals surface area contributed by atoms with Gasteiger partial charge in [-0.15, -0.1) is 23.7 Å². The van der Waals surface area contributed by atoms with Crippen molar-refractivity contribution in [3.8, 4) is 18.1 Å². The van der Waals surface area contributed by atoms with Crippen molar-refractivity contribution in [3.63, 3.8) is 0 Å². The first-order valence-corrected chi connectivity index (χ1v) is 7.64. The number of terminal acetylenes is 1. The van der Waals surface area contributed by atoms with Crippen LogP contribution in [0.2, 0.25) is 0 Å². The van der Waals surface area contributed by atoms with Crippen molar-refractivity contribution in [3.05, 3.63) is 51.6 Å². The predicted octanol–water partition coefficient (Wildman–Crippen LogP) is 3.77. The third-order valence-electron chi connectivity index (χ3n) is 3.51. The third-order valence-corrected chi connectivity index (χ3v) is 4.51. The van der Waals surface area contributed by atoms with Crippen LogP contribution < -0.4 is 4.74 Å². The van der Waals surface area contributed by atoms with Crippen molar-refractivity contribution in [1.82, 2.24) is 9.38 Å². The van der Waals surface area contributed by atoms with Crippen molar-refractivity contribution in [1.29, 1.82) is 0 Å². The number of thiophene rings is 1. The summed E-state index contributed by atoms with van der Waals surface area (Å²) in [6, 6.07) is 6.02. The molecule has 0 atom stereocenters. The Kier molecular flexibility index (Phi) is 3.68. The summed E-state index contributed by atoms with van der Waals surface area (Å²) in [7, 11) is 0. The minimum atomic E-state index is 0.569. The molecule has 3 rings (SSSR count). The zero-order valence-corrected chi connectivity index (χ0v) is 12.9. The summed E-state index contributed by atoms with van der Waals surface area (Å²) < 4.78 is 7.99. The normalized spacial score (nSPS) is 10.7. The maximum atomic E-state index is 5.97. The highest BCUT2D eigenvalue weighted by Crippen LogP contribution is 2.24. The monoisotopic (exact) mass is 296 g/mol. The molecule has 0 saturated heterocycles. The minimum absolute atomic E-state index is 0.569. The van der Waals surface area contributed by atoms with Gasteiger partial charge < -0.3 is 4.74 Å². The number of pyridine rings is 1. The van der Waals surface area contributed by atoms with Crippen LogP contribution in [0.4, 0.5) is 0 Å². The van der Waals surface area contributed by atoms with E-state index in [2.05, 4.69) is 29.3 Å². The van der Waals surface area contributed by atoms with Gasteiger partial charge >= 0.3 is 0 Å². The maximum absolute atomic E-state index is 5.97. The fourth-order valence-corrected chi connectivity index (χ4v) is 3.14. The van der Waals surface area contributed by atoms with E-state index in [9.17, 15) is 0 Å². The lowest BCUT2D eigenvalue weighted by Crippen LogP contribution is -1.98. The van der Waals surface area contributed by atoms with Crippen LogP contribution in [0.5, 0.6) is 5.75 Å². The van der Waals surface area contributed by atoms with Crippen LogP contribution in [0.3, 0.4) is 0 Å². The Hall–Kier alpha value is -2.25. The largest absolute Gasteiger partial charge is 0.484 e. The molecule has 0 bridgehead atoms. The van der Waals surface area contributed by atoms with Gasteiger partial charge in [0.05, 0.1) is 17.8 Å². The predicted molar refractivity (Wildman–Crippen MR) is 85.9 cm³/mol. The molecule has 0 fully saturated rings. The van der Waals surface area contributed by atoms with Gasteiger partial charge in [0.2, 0.25) is 0 Å². The Labute approximate surface area is 128 Å². The van der Waals surface area contributed by atoms with E-state index in [4.69, 9.17) is 11.2 Å². The molecule has 4 heteroatoms. The second-order valence-electron chi connectivity index (χ2n) is 4.91. The van der Waals surface area contributed by atoms with Gasteiger partial charge in [-0.25, -0.2) is 4.98 Å². The van der Waals surface area contributed by atoms with Gasteiger partial charge in [-0.1, -0.05) is 0 Å². The quantitative estimate of drug-likeness (QED) is 0.685. The van der Waals surface area contributed by atoms with Crippen LogP contribution in [0.1, 0.15) is 21.8 Å². The molecule has 0 saturated carbocycles. The van der Waals surface area contributed by atoms with Crippen LogP contribution in [0.25, 0.3) is 5.65 Å². The molecule has 0 aliphatic rings. The lowest BCUT2D eigenvalue weighted by molar-refractivity contribution is 0.311. The molecule has 3 aromatic rings. The zero-order chi connectivity index (χ0) is 14.8. The topological polar surface area (TPSA) is 26.5 Å². The molecule has 0 radical (unpaired) electrons. The van der Waals surface area contributed by atoms with Crippen molar-refractivity contribution in [2.24, 2.45) is 0 Å². The van der Waals surface area contributed by atoms with Crippen LogP contribution >= 0.6 is 11.3 Å². The highest BCUT2D eigenvalue weighted by molar-refractivity contribution is 7.10. The number of imidazole rings is 1. The first-order chi connectivity index (χ1) is 10.2. The minimum Gasteiger partial charge on any atom is -0.484 e. The molecule has 3 nitrogen and oxygen atoms in total. The number of aromatic nitrogens is 2. The summed E-state index contributed by atoms with van der Waals surface area (Å²) in [5.41, 5.74) is 4.09. The van der Waals surface area contributed by atoms with Crippen LogP contribution in [0.15, 0.2) is 29.8 Å². The van der Waals surface area contributed by atoms with Gasteiger partial charge in [0, 0.05) is 11.1 Å². The van der Waals surface area contributed by atoms with Gasteiger partial charge in [0.25, 0.3) is 0 Å². The summed E-state index contributed by atoms with van der Waals surface area (Å²) in [4.78, 5) is 5.84. The smallest absolute Gasteiger partial charge is 0.180 e. The second-order valence-corrected chi connectivity index (χ2v) is 5.91. The zero-order valence-electron chi connectivity index (χ0n) is 12.1. The summed E-state index contributed by atoms with van der Waals surface area (Å²) in [6.07, 6.45) is 7.98. The maximum Gasteiger partial charge on any atom is 0.180 e. The Morgan fingerprint density at radius 2 is 2.24 bits per heavy atom. The van der Waals surface area contributed by atoms with Gasteiger partial charge in [-0.2, -0.15) is 0 Å². The van der Waals surface area contributed by atoms with Crippen LogP contribution in [-0.4, -0.2) is 9.38 Å². The summed E-state index contributed by atoms with van der Waals surface area (Å²) in [5.74, 6) is 3.47. The van der Waals surface area contributed by atoms with Gasteiger partial charge in [0.15, 0.2) is 11.4 Å². The van der Waals surface area contributed by atoms with E-state index in [1.54, 1.807) is 11.3 Å². The van der Waals surface area contributed by atoms with Gasteiger partial charge in [-0.3, -0.25) is 4.40 Å². The van der Waals surface area contributed by atoms with Crippen LogP contribution in [-0.2, 0) is 13.0 Å². The fourth-order valence-electron chi connectivity index (χ4n) is 2.32. The number of ether oxygens (including phenoxy) is 1. The van der Waals surface area contributed by atoms with E-state index >= 15 is 0 Å². The Bertz CT molecular complexity index is 823. The molecule has 106 valence electrons. The van der Waals surface area contributed by atoms with E-state index in [0.717, 1.165) is 22.8 Å². The highest BCUT2D eigenvalue weighted by Gasteiger charge is 2.12. The molecule has 21 heavy (non-hydrogen) atoms. The van der Waals surface area contributed by atoms with Crippen LogP contribution in [0, 0.1) is 26.2 Å². The Morgan fingerprint density at radius 1 is 1.38 bits per heavy atom. The molecule has 0 unspecified atom stereocenters.